The number of hydrogen-bond donors (Lipinski definition) is 3. The normalized spacial score (nSPS) is 42.9. The van der Waals surface area contributed by atoms with Crippen molar-refractivity contribution >= 4 is 34.9 Å². The summed E-state index contributed by atoms with van der Waals surface area (Å²) in [6.45, 7) is 9.10. The Morgan fingerprint density at radius 3 is 1.80 bits per heavy atom. The number of aliphatic carboxylic acids is 1. The largest absolute Gasteiger partial charge is 0.481 e. The van der Waals surface area contributed by atoms with Gasteiger partial charge in [-0.3, -0.25) is 19.2 Å². The summed E-state index contributed by atoms with van der Waals surface area (Å²) >= 11 is 0. The van der Waals surface area contributed by atoms with Crippen molar-refractivity contribution in [2.75, 3.05) is 14.1 Å². The van der Waals surface area contributed by atoms with Gasteiger partial charge >= 0.3 is 5.97 Å². The molecule has 2 aromatic heterocycles. The number of nitrogens with zero attached hydrogens (tertiary/aromatic N) is 4. The number of carbonyl (C=O) groups is 4. The Balaban J connectivity index is 0.000000163. The highest BCUT2D eigenvalue weighted by Crippen LogP contribution is 2.67. The summed E-state index contributed by atoms with van der Waals surface area (Å²) in [5.41, 5.74) is 0.669. The molecule has 6 fully saturated rings. The summed E-state index contributed by atoms with van der Waals surface area (Å²) in [6.07, 6.45) is 16.2. The molecule has 4 unspecified atom stereocenters. The highest BCUT2D eigenvalue weighted by molar-refractivity contribution is 5.93. The molecule has 0 aromatic carbocycles. The third-order valence-corrected chi connectivity index (χ3v) is 18.7. The smallest absolute Gasteiger partial charge is 0.307 e. The fraction of sp³-hybridized carbons (Fsp3) is 0.702. The van der Waals surface area contributed by atoms with Crippen LogP contribution in [0, 0.1) is 69.0 Å². The number of hydrogen-bond acceptors (Lipinski definition) is 6. The molecule has 0 bridgehead atoms. The Bertz CT molecular complexity index is 2140. The molecule has 14 atom stereocenters. The lowest BCUT2D eigenvalue weighted by molar-refractivity contribution is -0.153. The number of nitrogens with one attached hydrogen (secondary N) is 2. The summed E-state index contributed by atoms with van der Waals surface area (Å²) in [7, 11) is 3.47. The molecule has 3 N–H and O–H groups in total. The fourth-order valence-corrected chi connectivity index (χ4v) is 15.8. The van der Waals surface area contributed by atoms with Crippen molar-refractivity contribution in [3.8, 4) is 0 Å². The van der Waals surface area contributed by atoms with Crippen molar-refractivity contribution in [2.45, 2.75) is 123 Å². The number of carboxylic acid groups (broad SMARTS) is 1. The summed E-state index contributed by atoms with van der Waals surface area (Å²) < 4.78 is 28.9. The number of carbonyl (C=O) groups excluding carboxylic acids is 3. The Kier molecular flexibility index (Phi) is 9.93. The van der Waals surface area contributed by atoms with Crippen molar-refractivity contribution < 1.29 is 33.1 Å². The number of amides is 3. The zero-order valence-electron chi connectivity index (χ0n) is 36.0. The molecule has 6 saturated carbocycles. The summed E-state index contributed by atoms with van der Waals surface area (Å²) in [5.74, 6) is 0.121. The van der Waals surface area contributed by atoms with Gasteiger partial charge < -0.3 is 25.2 Å². The van der Waals surface area contributed by atoms with Crippen LogP contribution in [-0.2, 0) is 25.7 Å². The van der Waals surface area contributed by atoms with Gasteiger partial charge in [-0.1, -0.05) is 27.7 Å². The maximum atomic E-state index is 14.6. The van der Waals surface area contributed by atoms with Crippen LogP contribution in [0.15, 0.2) is 42.1 Å². The van der Waals surface area contributed by atoms with E-state index in [4.69, 9.17) is 0 Å². The van der Waals surface area contributed by atoms with E-state index in [-0.39, 0.29) is 51.5 Å². The summed E-state index contributed by atoms with van der Waals surface area (Å²) in [6, 6.07) is 3.90. The number of rotatable bonds is 4. The second-order valence-electron chi connectivity index (χ2n) is 21.0. The molecule has 3 amide bonds. The molecule has 11 nitrogen and oxygen atoms in total. The average Bonchev–Trinajstić information content (AvgIpc) is 3.90. The van der Waals surface area contributed by atoms with Crippen LogP contribution in [0.4, 0.5) is 8.78 Å². The first kappa shape index (κ1) is 41.2. The molecular weight excluding hydrogens is 767 g/mol. The van der Waals surface area contributed by atoms with Gasteiger partial charge in [-0.25, -0.2) is 18.7 Å². The molecule has 0 spiro atoms. The molecule has 10 rings (SSSR count). The second-order valence-corrected chi connectivity index (χ2v) is 21.0. The van der Waals surface area contributed by atoms with Gasteiger partial charge in [0.25, 0.3) is 11.8 Å². The van der Waals surface area contributed by atoms with E-state index >= 15 is 0 Å². The first-order valence-corrected chi connectivity index (χ1v) is 22.5. The van der Waals surface area contributed by atoms with Crippen molar-refractivity contribution in [3.05, 3.63) is 48.0 Å². The number of likely N-dealkylation sites (N-methyl/N-ethyl adjacent to an activating group) is 2. The number of aromatic nitrogens is 3. The van der Waals surface area contributed by atoms with Crippen LogP contribution >= 0.6 is 0 Å². The Hall–Kier alpha value is -4.16. The van der Waals surface area contributed by atoms with Gasteiger partial charge in [-0.2, -0.15) is 0 Å². The monoisotopic (exact) mass is 828 g/mol. The average molecular weight is 829 g/mol. The lowest BCUT2D eigenvalue weighted by Gasteiger charge is -2.60. The molecule has 0 saturated heterocycles. The lowest BCUT2D eigenvalue weighted by Crippen LogP contribution is -2.60. The molecule has 4 heterocycles. The van der Waals surface area contributed by atoms with Crippen molar-refractivity contribution in [1.82, 2.24) is 30.1 Å². The zero-order valence-corrected chi connectivity index (χ0v) is 36.0. The van der Waals surface area contributed by atoms with Gasteiger partial charge in [-0.05, 0) is 148 Å². The van der Waals surface area contributed by atoms with Gasteiger partial charge in [-0.15, -0.1) is 0 Å². The number of H-pyrrole nitrogens is 1. The minimum absolute atomic E-state index is 0.0237. The van der Waals surface area contributed by atoms with E-state index in [1.165, 1.54) is 0 Å². The van der Waals surface area contributed by atoms with E-state index in [1.807, 2.05) is 12.1 Å². The number of aromatic amines is 1. The summed E-state index contributed by atoms with van der Waals surface area (Å²) in [5, 5.41) is 12.8. The number of fused-ring (bicyclic) bond motifs is 11. The van der Waals surface area contributed by atoms with Gasteiger partial charge in [0.1, 0.15) is 5.82 Å². The Morgan fingerprint density at radius 2 is 1.28 bits per heavy atom. The van der Waals surface area contributed by atoms with Crippen LogP contribution in [0.25, 0.3) is 11.2 Å². The van der Waals surface area contributed by atoms with Crippen molar-refractivity contribution in [2.24, 2.45) is 69.0 Å². The SMILES string of the molecule is CN1C(=O)C(F)=C[C@]2(C)C3CC[C@]4(C)[C@@H](C(=O)NCc5nc6ncccc6[nH]5)CC[C@H]4C3CC[C@@H]12.CN1C(=O)C(F)=C[C@]2(C)C3CC[C@]4(C)[C@@H](C(=O)O)CC[C@H]4C3CC[C@@H]12. The van der Waals surface area contributed by atoms with Crippen LogP contribution in [0.1, 0.15) is 111 Å². The fourth-order valence-electron chi connectivity index (χ4n) is 15.8. The Labute approximate surface area is 351 Å². The molecule has 0 radical (unpaired) electrons. The standard InChI is InChI=1S/C27H34FN5O2.C20H28FNO3/c1-26-11-10-17-15(6-9-21-27(17,2)13-19(28)25(35)33(21)3)16(26)7-8-18(26)24(34)30-14-22-31-20-5-4-12-29-23(20)32-22;1-19-9-8-13-11(12(19)5-6-14(19)18(24)25)4-7-16-20(13,2)10-15(21)17(23)22(16)3/h4-5,12-13,15-18,21H,6-11,14H2,1-3H3,(H,30,34)(H,29,31,32);10-14,16H,4-9H2,1-3H3,(H,24,25)/t15?,16-,17?,18+,21+,26-,27+;11?,12-,13?,14+,16+,19-,20+/m00/s1. The van der Waals surface area contributed by atoms with Gasteiger partial charge in [0.05, 0.1) is 18.0 Å². The zero-order chi connectivity index (χ0) is 42.7. The number of halogens is 2. The molecule has 2 aliphatic heterocycles. The number of pyridine rings is 1. The maximum absolute atomic E-state index is 14.6. The lowest BCUT2D eigenvalue weighted by atomic mass is 9.47. The van der Waals surface area contributed by atoms with Gasteiger partial charge in [0.2, 0.25) is 5.91 Å². The van der Waals surface area contributed by atoms with Gasteiger partial charge in [0.15, 0.2) is 17.3 Å². The quantitative estimate of drug-likeness (QED) is 0.286. The molecule has 6 aliphatic carbocycles. The Morgan fingerprint density at radius 1 is 0.767 bits per heavy atom. The topological polar surface area (TPSA) is 149 Å². The van der Waals surface area contributed by atoms with Gasteiger partial charge in [0, 0.05) is 49.1 Å². The molecule has 13 heteroatoms. The van der Waals surface area contributed by atoms with Crippen molar-refractivity contribution in [1.29, 1.82) is 0 Å². The first-order chi connectivity index (χ1) is 28.4. The van der Waals surface area contributed by atoms with E-state index in [2.05, 4.69) is 48.0 Å². The maximum Gasteiger partial charge on any atom is 0.307 e. The minimum atomic E-state index is -0.655. The van der Waals surface area contributed by atoms with E-state index in [9.17, 15) is 33.1 Å². The highest BCUT2D eigenvalue weighted by atomic mass is 19.1. The third-order valence-electron chi connectivity index (χ3n) is 18.7. The number of carboxylic acids is 1. The number of imidazole rings is 1. The predicted octanol–water partition coefficient (Wildman–Crippen LogP) is 7.75. The molecule has 8 aliphatic rings. The first-order valence-electron chi connectivity index (χ1n) is 22.5. The van der Waals surface area contributed by atoms with E-state index in [0.717, 1.165) is 82.6 Å². The third kappa shape index (κ3) is 6.03. The predicted molar refractivity (Wildman–Crippen MR) is 221 cm³/mol. The van der Waals surface area contributed by atoms with Crippen LogP contribution in [0.3, 0.4) is 0 Å². The second kappa shape index (κ2) is 14.5. The summed E-state index contributed by atoms with van der Waals surface area (Å²) in [4.78, 5) is 64.7. The van der Waals surface area contributed by atoms with Crippen LogP contribution in [0.5, 0.6) is 0 Å². The molecular formula is C47H62F2N6O5. The van der Waals surface area contributed by atoms with Crippen molar-refractivity contribution in [3.63, 3.8) is 0 Å². The molecule has 60 heavy (non-hydrogen) atoms. The molecule has 2 aromatic rings. The highest BCUT2D eigenvalue weighted by Gasteiger charge is 2.64. The minimum Gasteiger partial charge on any atom is -0.481 e. The van der Waals surface area contributed by atoms with E-state index < -0.39 is 29.4 Å². The van der Waals surface area contributed by atoms with E-state index in [0.29, 0.717) is 53.5 Å². The van der Waals surface area contributed by atoms with E-state index in [1.54, 1.807) is 42.2 Å². The van der Waals surface area contributed by atoms with Crippen LogP contribution < -0.4 is 5.32 Å². The van der Waals surface area contributed by atoms with Crippen LogP contribution in [0.2, 0.25) is 0 Å². The molecule has 324 valence electrons. The van der Waals surface area contributed by atoms with Crippen LogP contribution in [-0.4, -0.2) is 79.7 Å².